The maximum absolute atomic E-state index is 12.7. The summed E-state index contributed by atoms with van der Waals surface area (Å²) >= 11 is 3.95. The van der Waals surface area contributed by atoms with Gasteiger partial charge in [0.05, 0.1) is 15.9 Å². The molecule has 0 bridgehead atoms. The predicted molar refractivity (Wildman–Crippen MR) is 137 cm³/mol. The number of aromatic nitrogens is 3. The molecule has 0 aliphatic rings. The highest BCUT2D eigenvalue weighted by Crippen LogP contribution is 2.33. The minimum atomic E-state index is -0.450. The van der Waals surface area contributed by atoms with Gasteiger partial charge in [-0.3, -0.25) is 14.9 Å². The van der Waals surface area contributed by atoms with Crippen LogP contribution in [0.15, 0.2) is 52.2 Å². The zero-order valence-electron chi connectivity index (χ0n) is 18.4. The number of nitrogens with one attached hydrogen (secondary N) is 2. The van der Waals surface area contributed by atoms with E-state index in [4.69, 9.17) is 0 Å². The molecule has 0 saturated carbocycles. The van der Waals surface area contributed by atoms with E-state index in [0.29, 0.717) is 25.9 Å². The lowest BCUT2D eigenvalue weighted by Gasteiger charge is -2.08. The molecule has 12 heteroatoms. The molecule has 2 aromatic heterocycles. The molecule has 0 spiro atoms. The number of carbonyl (C=O) groups excluding carboxylic acids is 1. The van der Waals surface area contributed by atoms with Crippen LogP contribution in [0.1, 0.15) is 18.1 Å². The number of benzene rings is 2. The Labute approximate surface area is 207 Å². The Morgan fingerprint density at radius 1 is 1.15 bits per heavy atom. The average Bonchev–Trinajstić information content (AvgIpc) is 3.46. The van der Waals surface area contributed by atoms with Crippen LogP contribution in [-0.2, 0) is 4.79 Å². The van der Waals surface area contributed by atoms with Gasteiger partial charge < -0.3 is 10.6 Å². The molecular weight excluding hydrogens is 492 g/mol. The van der Waals surface area contributed by atoms with Gasteiger partial charge in [0.2, 0.25) is 11.0 Å². The van der Waals surface area contributed by atoms with Crippen LogP contribution in [0, 0.1) is 24.0 Å². The van der Waals surface area contributed by atoms with Crippen molar-refractivity contribution < 1.29 is 9.72 Å². The highest BCUT2D eigenvalue weighted by Gasteiger charge is 2.19. The van der Waals surface area contributed by atoms with Crippen LogP contribution in [0.3, 0.4) is 0 Å². The number of thioether (sulfide) groups is 1. The smallest absolute Gasteiger partial charge is 0.270 e. The summed E-state index contributed by atoms with van der Waals surface area (Å²) in [6.45, 7) is 5.88. The van der Waals surface area contributed by atoms with Crippen LogP contribution in [0.4, 0.5) is 21.6 Å². The van der Waals surface area contributed by atoms with Crippen molar-refractivity contribution in [2.24, 2.45) is 0 Å². The van der Waals surface area contributed by atoms with Gasteiger partial charge in [-0.25, -0.2) is 4.98 Å². The summed E-state index contributed by atoms with van der Waals surface area (Å²) in [5.41, 5.74) is 4.48. The van der Waals surface area contributed by atoms with Crippen LogP contribution < -0.4 is 10.6 Å². The Morgan fingerprint density at radius 2 is 1.94 bits per heavy atom. The topological polar surface area (TPSA) is 123 Å². The molecule has 4 aromatic rings. The van der Waals surface area contributed by atoms with Crippen LogP contribution >= 0.6 is 34.4 Å². The third-order valence-corrected chi connectivity index (χ3v) is 7.77. The zero-order chi connectivity index (χ0) is 24.2. The van der Waals surface area contributed by atoms with Crippen molar-refractivity contribution in [1.82, 2.24) is 15.2 Å². The SMILES string of the molecule is Cc1cccc(Nc2nnc(S[C@H](C)C(=O)Nc3nc(-c4cccc([N+](=O)[O-])c4)cs3)s2)c1C. The molecule has 0 aliphatic carbocycles. The number of rotatable bonds is 8. The fourth-order valence-corrected chi connectivity index (χ4v) is 5.59. The van der Waals surface area contributed by atoms with E-state index in [1.54, 1.807) is 24.4 Å². The van der Waals surface area contributed by atoms with Crippen molar-refractivity contribution in [2.45, 2.75) is 30.4 Å². The first kappa shape index (κ1) is 23.8. The molecule has 1 atom stereocenters. The summed E-state index contributed by atoms with van der Waals surface area (Å²) in [5, 5.41) is 27.9. The second-order valence-corrected chi connectivity index (χ2v) is 10.8. The molecule has 2 aromatic carbocycles. The molecule has 4 rings (SSSR count). The fraction of sp³-hybridized carbons (Fsp3) is 0.182. The van der Waals surface area contributed by atoms with Crippen LogP contribution in [0.5, 0.6) is 0 Å². The van der Waals surface area contributed by atoms with Gasteiger partial charge in [0, 0.05) is 28.8 Å². The van der Waals surface area contributed by atoms with Gasteiger partial charge in [-0.2, -0.15) is 0 Å². The van der Waals surface area contributed by atoms with E-state index >= 15 is 0 Å². The van der Waals surface area contributed by atoms with Gasteiger partial charge in [-0.1, -0.05) is 47.4 Å². The summed E-state index contributed by atoms with van der Waals surface area (Å²) in [5.74, 6) is -0.218. The Kier molecular flexibility index (Phi) is 7.20. The number of nitrogens with zero attached hydrogens (tertiary/aromatic N) is 4. The highest BCUT2D eigenvalue weighted by molar-refractivity contribution is 8.02. The summed E-state index contributed by atoms with van der Waals surface area (Å²) in [6, 6.07) is 12.3. The second kappa shape index (κ2) is 10.3. The quantitative estimate of drug-likeness (QED) is 0.166. The lowest BCUT2D eigenvalue weighted by molar-refractivity contribution is -0.384. The monoisotopic (exact) mass is 512 g/mol. The number of thiazole rings is 1. The van der Waals surface area contributed by atoms with E-state index in [-0.39, 0.29) is 11.6 Å². The molecule has 34 heavy (non-hydrogen) atoms. The molecule has 0 fully saturated rings. The molecule has 2 heterocycles. The molecule has 0 aliphatic heterocycles. The van der Waals surface area contributed by atoms with Crippen molar-refractivity contribution >= 4 is 62.0 Å². The minimum Gasteiger partial charge on any atom is -0.330 e. The third-order valence-electron chi connectivity index (χ3n) is 4.99. The number of non-ortho nitro benzene ring substituents is 1. The van der Waals surface area contributed by atoms with Crippen LogP contribution in [0.2, 0.25) is 0 Å². The van der Waals surface area contributed by atoms with E-state index < -0.39 is 10.2 Å². The van der Waals surface area contributed by atoms with Gasteiger partial charge in [0.15, 0.2) is 9.47 Å². The number of nitro benzene ring substituents is 1. The normalized spacial score (nSPS) is 11.7. The largest absolute Gasteiger partial charge is 0.330 e. The summed E-state index contributed by atoms with van der Waals surface area (Å²) in [6.07, 6.45) is 0. The van der Waals surface area contributed by atoms with Gasteiger partial charge >= 0.3 is 0 Å². The summed E-state index contributed by atoms with van der Waals surface area (Å²) < 4.78 is 0.673. The summed E-state index contributed by atoms with van der Waals surface area (Å²) in [7, 11) is 0. The molecule has 0 radical (unpaired) electrons. The van der Waals surface area contributed by atoms with Crippen molar-refractivity contribution in [3.8, 4) is 11.3 Å². The number of nitro groups is 1. The average molecular weight is 513 g/mol. The minimum absolute atomic E-state index is 0.00964. The molecule has 9 nitrogen and oxygen atoms in total. The fourth-order valence-electron chi connectivity index (χ4n) is 2.96. The van der Waals surface area contributed by atoms with Crippen molar-refractivity contribution in [2.75, 3.05) is 10.6 Å². The van der Waals surface area contributed by atoms with E-state index in [0.717, 1.165) is 11.3 Å². The molecule has 0 unspecified atom stereocenters. The molecule has 0 saturated heterocycles. The number of hydrogen-bond acceptors (Lipinski definition) is 10. The van der Waals surface area contributed by atoms with E-state index in [2.05, 4.69) is 38.8 Å². The lowest BCUT2D eigenvalue weighted by Crippen LogP contribution is -2.22. The van der Waals surface area contributed by atoms with Gasteiger partial charge in [0.1, 0.15) is 0 Å². The van der Waals surface area contributed by atoms with Crippen molar-refractivity contribution in [3.63, 3.8) is 0 Å². The van der Waals surface area contributed by atoms with E-state index in [9.17, 15) is 14.9 Å². The van der Waals surface area contributed by atoms with Crippen LogP contribution in [0.25, 0.3) is 11.3 Å². The van der Waals surface area contributed by atoms with Gasteiger partial charge in [-0.15, -0.1) is 21.5 Å². The van der Waals surface area contributed by atoms with Crippen molar-refractivity contribution in [1.29, 1.82) is 0 Å². The molecular formula is C22H20N6O3S3. The van der Waals surface area contributed by atoms with E-state index in [1.807, 2.05) is 19.1 Å². The standard InChI is InChI=1S/C22H20N6O3S3/c1-12-6-4-9-17(13(12)2)23-21-26-27-22(34-21)33-14(3)19(29)25-20-24-18(11-32-20)15-7-5-8-16(10-15)28(30)31/h4-11,14H,1-3H3,(H,23,26)(H,24,25,29)/t14-/m1/s1. The Hall–Kier alpha value is -3.35. The first-order valence-corrected chi connectivity index (χ1v) is 12.7. The maximum atomic E-state index is 12.7. The van der Waals surface area contributed by atoms with Crippen molar-refractivity contribution in [3.05, 3.63) is 69.1 Å². The number of anilines is 3. The Bertz CT molecular complexity index is 1350. The lowest BCUT2D eigenvalue weighted by atomic mass is 10.1. The maximum Gasteiger partial charge on any atom is 0.270 e. The first-order valence-electron chi connectivity index (χ1n) is 10.1. The number of amides is 1. The molecule has 1 amide bonds. The zero-order valence-corrected chi connectivity index (χ0v) is 20.9. The number of hydrogen-bond donors (Lipinski definition) is 2. The van der Waals surface area contributed by atoms with E-state index in [1.165, 1.54) is 52.1 Å². The summed E-state index contributed by atoms with van der Waals surface area (Å²) in [4.78, 5) is 27.6. The third kappa shape index (κ3) is 5.58. The number of carbonyl (C=O) groups is 1. The highest BCUT2D eigenvalue weighted by atomic mass is 32.2. The molecule has 2 N–H and O–H groups in total. The second-order valence-electron chi connectivity index (χ2n) is 7.34. The predicted octanol–water partition coefficient (Wildman–Crippen LogP) is 6.05. The van der Waals surface area contributed by atoms with Crippen LogP contribution in [-0.4, -0.2) is 31.3 Å². The van der Waals surface area contributed by atoms with Gasteiger partial charge in [0.25, 0.3) is 5.69 Å². The number of aryl methyl sites for hydroxylation is 1. The Morgan fingerprint density at radius 3 is 2.74 bits per heavy atom. The molecule has 174 valence electrons. The Balaban J connectivity index is 1.36. The first-order chi connectivity index (χ1) is 16.3. The van der Waals surface area contributed by atoms with Gasteiger partial charge in [-0.05, 0) is 38.0 Å².